The van der Waals surface area contributed by atoms with Gasteiger partial charge in [0.05, 0.1) is 13.7 Å². The lowest BCUT2D eigenvalue weighted by Crippen LogP contribution is -2.19. The molecule has 0 spiro atoms. The van der Waals surface area contributed by atoms with Gasteiger partial charge in [0.2, 0.25) is 0 Å². The van der Waals surface area contributed by atoms with Crippen molar-refractivity contribution in [3.63, 3.8) is 0 Å². The molecule has 0 saturated heterocycles. The third kappa shape index (κ3) is 6.30. The van der Waals surface area contributed by atoms with E-state index in [4.69, 9.17) is 9.47 Å². The summed E-state index contributed by atoms with van der Waals surface area (Å²) in [6.45, 7) is 2.13. The average molecular weight is 315 g/mol. The Morgan fingerprint density at radius 3 is 2.43 bits per heavy atom. The molecule has 23 heavy (non-hydrogen) atoms. The molecule has 0 unspecified atom stereocenters. The quantitative estimate of drug-likeness (QED) is 0.660. The number of aliphatic hydroxyl groups is 1. The van der Waals surface area contributed by atoms with Gasteiger partial charge in [-0.15, -0.1) is 0 Å². The molecule has 0 aliphatic rings. The van der Waals surface area contributed by atoms with Gasteiger partial charge in [0.1, 0.15) is 5.75 Å². The van der Waals surface area contributed by atoms with E-state index in [-0.39, 0.29) is 12.5 Å². The highest BCUT2D eigenvalue weighted by molar-refractivity contribution is 5.46. The molecule has 124 valence electrons. The molecule has 0 radical (unpaired) electrons. The molecule has 0 aromatic heterocycles. The van der Waals surface area contributed by atoms with E-state index in [2.05, 4.69) is 17.4 Å². The van der Waals surface area contributed by atoms with Gasteiger partial charge in [-0.25, -0.2) is 0 Å². The summed E-state index contributed by atoms with van der Waals surface area (Å²) in [4.78, 5) is 0. The standard InChI is InChI=1S/C19H25NO3/c1-22-19-9-7-18(8-10-19)20-13-17(14-21)11-12-23-15-16-5-3-2-4-6-16/h2-10,17,20-21H,11-15H2,1H3/t17-/m0/s1. The Kier molecular flexibility index (Phi) is 7.43. The van der Waals surface area contributed by atoms with Crippen LogP contribution < -0.4 is 10.1 Å². The zero-order valence-electron chi connectivity index (χ0n) is 13.6. The number of benzene rings is 2. The van der Waals surface area contributed by atoms with E-state index >= 15 is 0 Å². The molecule has 0 heterocycles. The first-order chi connectivity index (χ1) is 11.3. The number of nitrogens with one attached hydrogen (secondary N) is 1. The van der Waals surface area contributed by atoms with Crippen LogP contribution >= 0.6 is 0 Å². The maximum Gasteiger partial charge on any atom is 0.119 e. The van der Waals surface area contributed by atoms with Gasteiger partial charge in [-0.05, 0) is 36.2 Å². The molecule has 2 rings (SSSR count). The summed E-state index contributed by atoms with van der Waals surface area (Å²) in [5.74, 6) is 1.01. The van der Waals surface area contributed by atoms with Crippen molar-refractivity contribution in [3.05, 3.63) is 60.2 Å². The van der Waals surface area contributed by atoms with Gasteiger partial charge < -0.3 is 19.9 Å². The highest BCUT2D eigenvalue weighted by Gasteiger charge is 2.07. The number of aliphatic hydroxyl groups excluding tert-OH is 1. The topological polar surface area (TPSA) is 50.7 Å². The predicted octanol–water partition coefficient (Wildman–Crippen LogP) is 3.32. The lowest BCUT2D eigenvalue weighted by Gasteiger charge is -2.16. The first-order valence-electron chi connectivity index (χ1n) is 7.92. The molecule has 2 aromatic carbocycles. The fourth-order valence-electron chi connectivity index (χ4n) is 2.24. The van der Waals surface area contributed by atoms with Gasteiger partial charge in [-0.1, -0.05) is 30.3 Å². The molecule has 0 amide bonds. The monoisotopic (exact) mass is 315 g/mol. The lowest BCUT2D eigenvalue weighted by molar-refractivity contribution is 0.0974. The van der Waals surface area contributed by atoms with Crippen molar-refractivity contribution >= 4 is 5.69 Å². The second kappa shape index (κ2) is 9.87. The number of rotatable bonds is 10. The highest BCUT2D eigenvalue weighted by Crippen LogP contribution is 2.16. The minimum absolute atomic E-state index is 0.151. The van der Waals surface area contributed by atoms with Crippen molar-refractivity contribution in [1.82, 2.24) is 0 Å². The Hall–Kier alpha value is -2.04. The zero-order chi connectivity index (χ0) is 16.3. The van der Waals surface area contributed by atoms with E-state index < -0.39 is 0 Å². The van der Waals surface area contributed by atoms with Crippen molar-refractivity contribution in [3.8, 4) is 5.75 Å². The van der Waals surface area contributed by atoms with Crippen LogP contribution in [0.3, 0.4) is 0 Å². The van der Waals surface area contributed by atoms with E-state index in [1.807, 2.05) is 42.5 Å². The van der Waals surface area contributed by atoms with Crippen LogP contribution in [0.25, 0.3) is 0 Å². The molecular formula is C19H25NO3. The molecule has 4 nitrogen and oxygen atoms in total. The van der Waals surface area contributed by atoms with Crippen molar-refractivity contribution in [2.75, 3.05) is 32.2 Å². The van der Waals surface area contributed by atoms with E-state index in [9.17, 15) is 5.11 Å². The average Bonchev–Trinajstić information content (AvgIpc) is 2.62. The van der Waals surface area contributed by atoms with Crippen LogP contribution in [-0.2, 0) is 11.3 Å². The zero-order valence-corrected chi connectivity index (χ0v) is 13.6. The van der Waals surface area contributed by atoms with Crippen LogP contribution in [-0.4, -0.2) is 32.0 Å². The Bertz CT molecular complexity index is 542. The summed E-state index contributed by atoms with van der Waals surface area (Å²) in [5.41, 5.74) is 2.19. The van der Waals surface area contributed by atoms with Crippen molar-refractivity contribution in [2.45, 2.75) is 13.0 Å². The van der Waals surface area contributed by atoms with E-state index in [0.29, 0.717) is 13.2 Å². The van der Waals surface area contributed by atoms with Crippen molar-refractivity contribution in [2.24, 2.45) is 5.92 Å². The number of hydrogen-bond donors (Lipinski definition) is 2. The van der Waals surface area contributed by atoms with Crippen LogP contribution in [0.4, 0.5) is 5.69 Å². The molecule has 0 bridgehead atoms. The largest absolute Gasteiger partial charge is 0.497 e. The first kappa shape index (κ1) is 17.3. The van der Waals surface area contributed by atoms with Crippen molar-refractivity contribution < 1.29 is 14.6 Å². The van der Waals surface area contributed by atoms with Crippen LogP contribution in [0.5, 0.6) is 5.75 Å². The summed E-state index contributed by atoms with van der Waals surface area (Å²) in [7, 11) is 1.65. The first-order valence-corrected chi connectivity index (χ1v) is 7.92. The normalized spacial score (nSPS) is 11.9. The maximum absolute atomic E-state index is 9.49. The second-order valence-electron chi connectivity index (χ2n) is 5.48. The molecule has 1 atom stereocenters. The maximum atomic E-state index is 9.49. The lowest BCUT2D eigenvalue weighted by atomic mass is 10.1. The number of methoxy groups -OCH3 is 1. The summed E-state index contributed by atoms with van der Waals surface area (Å²) >= 11 is 0. The minimum Gasteiger partial charge on any atom is -0.497 e. The minimum atomic E-state index is 0.151. The number of hydrogen-bond acceptors (Lipinski definition) is 4. The molecule has 0 fully saturated rings. The van der Waals surface area contributed by atoms with Crippen molar-refractivity contribution in [1.29, 1.82) is 0 Å². The Balaban J connectivity index is 1.66. The molecular weight excluding hydrogens is 290 g/mol. The molecule has 0 aliphatic carbocycles. The van der Waals surface area contributed by atoms with Crippen LogP contribution in [0.15, 0.2) is 54.6 Å². The van der Waals surface area contributed by atoms with E-state index in [1.165, 1.54) is 5.56 Å². The SMILES string of the molecule is COc1ccc(NC[C@@H](CO)CCOCc2ccccc2)cc1. The van der Waals surface area contributed by atoms with E-state index in [0.717, 1.165) is 24.4 Å². The Morgan fingerprint density at radius 2 is 1.78 bits per heavy atom. The summed E-state index contributed by atoms with van der Waals surface area (Å²) in [6, 6.07) is 17.9. The highest BCUT2D eigenvalue weighted by atomic mass is 16.5. The van der Waals surface area contributed by atoms with Gasteiger partial charge in [-0.2, -0.15) is 0 Å². The fraction of sp³-hybridized carbons (Fsp3) is 0.368. The van der Waals surface area contributed by atoms with Gasteiger partial charge in [0.15, 0.2) is 0 Å². The predicted molar refractivity (Wildman–Crippen MR) is 92.8 cm³/mol. The third-order valence-electron chi connectivity index (χ3n) is 3.73. The summed E-state index contributed by atoms with van der Waals surface area (Å²) in [5, 5.41) is 12.8. The molecule has 4 heteroatoms. The van der Waals surface area contributed by atoms with Crippen LogP contribution in [0, 0.1) is 5.92 Å². The third-order valence-corrected chi connectivity index (χ3v) is 3.73. The van der Waals surface area contributed by atoms with Crippen LogP contribution in [0.1, 0.15) is 12.0 Å². The van der Waals surface area contributed by atoms with Gasteiger partial charge in [0.25, 0.3) is 0 Å². The molecule has 0 aliphatic heterocycles. The smallest absolute Gasteiger partial charge is 0.119 e. The summed E-state index contributed by atoms with van der Waals surface area (Å²) in [6.07, 6.45) is 0.826. The second-order valence-corrected chi connectivity index (χ2v) is 5.48. The van der Waals surface area contributed by atoms with E-state index in [1.54, 1.807) is 7.11 Å². The number of ether oxygens (including phenoxy) is 2. The van der Waals surface area contributed by atoms with Gasteiger partial charge >= 0.3 is 0 Å². The molecule has 2 N–H and O–H groups in total. The van der Waals surface area contributed by atoms with Gasteiger partial charge in [0, 0.05) is 31.4 Å². The van der Waals surface area contributed by atoms with Crippen LogP contribution in [0.2, 0.25) is 0 Å². The number of anilines is 1. The van der Waals surface area contributed by atoms with Gasteiger partial charge in [-0.3, -0.25) is 0 Å². The Labute approximate surface area is 138 Å². The molecule has 2 aromatic rings. The summed E-state index contributed by atoms with van der Waals surface area (Å²) < 4.78 is 10.8. The fourth-order valence-corrected chi connectivity index (χ4v) is 2.24. The Morgan fingerprint density at radius 1 is 1.04 bits per heavy atom. The molecule has 0 saturated carbocycles.